The Morgan fingerprint density at radius 1 is 1.08 bits per heavy atom. The van der Waals surface area contributed by atoms with Crippen LogP contribution in [0.15, 0.2) is 47.4 Å². The lowest BCUT2D eigenvalue weighted by atomic mass is 10.1. The lowest BCUT2D eigenvalue weighted by molar-refractivity contribution is -0.141. The summed E-state index contributed by atoms with van der Waals surface area (Å²) in [5, 5.41) is 3.84. The molecule has 0 saturated heterocycles. The number of hydrogen-bond donors (Lipinski definition) is 1. The van der Waals surface area contributed by atoms with Gasteiger partial charge in [-0.2, -0.15) is 0 Å². The first-order chi connectivity index (χ1) is 18.1. The van der Waals surface area contributed by atoms with Gasteiger partial charge in [0.05, 0.1) is 5.56 Å². The summed E-state index contributed by atoms with van der Waals surface area (Å²) >= 11 is 12.8. The van der Waals surface area contributed by atoms with E-state index in [4.69, 9.17) is 23.2 Å². The van der Waals surface area contributed by atoms with Gasteiger partial charge in [0.25, 0.3) is 15.9 Å². The van der Waals surface area contributed by atoms with Crippen molar-refractivity contribution >= 4 is 50.9 Å². The van der Waals surface area contributed by atoms with Crippen molar-refractivity contribution in [2.75, 3.05) is 6.54 Å². The molecular formula is C27H31Cl2N3O5S. The lowest BCUT2D eigenvalue weighted by Gasteiger charge is -2.32. The van der Waals surface area contributed by atoms with Crippen LogP contribution in [0.1, 0.15) is 67.8 Å². The van der Waals surface area contributed by atoms with Gasteiger partial charge in [-0.1, -0.05) is 61.2 Å². The second kappa shape index (κ2) is 12.1. The Morgan fingerprint density at radius 3 is 2.37 bits per heavy atom. The van der Waals surface area contributed by atoms with Crippen LogP contribution in [-0.4, -0.2) is 54.0 Å². The van der Waals surface area contributed by atoms with E-state index in [1.54, 1.807) is 30.3 Å². The molecule has 2 aliphatic rings. The van der Waals surface area contributed by atoms with Crippen LogP contribution in [0.4, 0.5) is 0 Å². The number of nitrogens with zero attached hydrogens (tertiary/aromatic N) is 2. The van der Waals surface area contributed by atoms with E-state index in [0.717, 1.165) is 30.0 Å². The molecule has 3 amide bonds. The van der Waals surface area contributed by atoms with Crippen LogP contribution in [0, 0.1) is 0 Å². The topological polar surface area (TPSA) is 104 Å². The number of nitrogens with one attached hydrogen (secondary N) is 1. The first-order valence-corrected chi connectivity index (χ1v) is 15.0. The molecule has 2 aromatic rings. The minimum atomic E-state index is -3.96. The van der Waals surface area contributed by atoms with E-state index in [0.29, 0.717) is 22.0 Å². The summed E-state index contributed by atoms with van der Waals surface area (Å²) in [6, 6.07) is 10.4. The number of carbonyl (C=O) groups excluding carboxylic acids is 3. The Kier molecular flexibility index (Phi) is 9.00. The van der Waals surface area contributed by atoms with Crippen molar-refractivity contribution in [3.05, 3.63) is 63.6 Å². The number of carbonyl (C=O) groups is 3. The van der Waals surface area contributed by atoms with Crippen LogP contribution in [0.5, 0.6) is 0 Å². The normalized spacial score (nSPS) is 17.3. The maximum absolute atomic E-state index is 13.6. The summed E-state index contributed by atoms with van der Waals surface area (Å²) in [5.74, 6) is -1.19. The molecule has 0 aromatic heterocycles. The second-order valence-corrected chi connectivity index (χ2v) is 12.3. The van der Waals surface area contributed by atoms with Crippen LogP contribution in [-0.2, 0) is 26.2 Å². The molecule has 0 spiro atoms. The molecule has 1 aliphatic heterocycles. The molecule has 1 aliphatic carbocycles. The van der Waals surface area contributed by atoms with E-state index < -0.39 is 22.0 Å². The Balaban J connectivity index is 1.50. The molecule has 1 fully saturated rings. The molecule has 0 radical (unpaired) electrons. The Bertz CT molecular complexity index is 1310. The van der Waals surface area contributed by atoms with Crippen LogP contribution < -0.4 is 5.32 Å². The molecule has 8 nitrogen and oxygen atoms in total. The Hall–Kier alpha value is -2.62. The molecule has 0 unspecified atom stereocenters. The number of halogens is 2. The van der Waals surface area contributed by atoms with Crippen LogP contribution in [0.3, 0.4) is 0 Å². The summed E-state index contributed by atoms with van der Waals surface area (Å²) in [6.07, 6.45) is 4.35. The average Bonchev–Trinajstić information content (AvgIpc) is 3.46. The highest BCUT2D eigenvalue weighted by Crippen LogP contribution is 2.31. The molecule has 1 saturated carbocycles. The number of fused-ring (bicyclic) bond motifs is 1. The molecule has 4 rings (SSSR count). The van der Waals surface area contributed by atoms with E-state index in [2.05, 4.69) is 5.32 Å². The molecular weight excluding hydrogens is 549 g/mol. The first kappa shape index (κ1) is 28.4. The summed E-state index contributed by atoms with van der Waals surface area (Å²) in [7, 11) is -3.96. The van der Waals surface area contributed by atoms with Gasteiger partial charge in [-0.15, -0.1) is 0 Å². The molecule has 204 valence electrons. The van der Waals surface area contributed by atoms with Crippen molar-refractivity contribution in [1.82, 2.24) is 14.5 Å². The van der Waals surface area contributed by atoms with E-state index in [1.165, 1.54) is 17.0 Å². The SMILES string of the molecule is CC[C@H](C(=O)NC1CCCC1)N(Cc1c(Cl)cccc1Cl)C(=O)CCCN1C(=O)c2ccccc2S1(=O)=O. The first-order valence-electron chi connectivity index (χ1n) is 12.8. The van der Waals surface area contributed by atoms with E-state index in [-0.39, 0.29) is 54.2 Å². The highest BCUT2D eigenvalue weighted by atomic mass is 35.5. The van der Waals surface area contributed by atoms with Gasteiger partial charge in [0.2, 0.25) is 11.8 Å². The quantitative estimate of drug-likeness (QED) is 0.436. The second-order valence-electron chi connectivity index (χ2n) is 9.62. The minimum absolute atomic E-state index is 0.0269. The van der Waals surface area contributed by atoms with Crippen molar-refractivity contribution in [2.24, 2.45) is 0 Å². The number of rotatable bonds is 10. The van der Waals surface area contributed by atoms with Crippen molar-refractivity contribution in [3.63, 3.8) is 0 Å². The summed E-state index contributed by atoms with van der Waals surface area (Å²) < 4.78 is 26.5. The van der Waals surface area contributed by atoms with E-state index >= 15 is 0 Å². The summed E-state index contributed by atoms with van der Waals surface area (Å²) in [5.41, 5.74) is 0.660. The molecule has 2 aromatic carbocycles. The van der Waals surface area contributed by atoms with Gasteiger partial charge in [0.1, 0.15) is 10.9 Å². The maximum atomic E-state index is 13.6. The zero-order chi connectivity index (χ0) is 27.4. The van der Waals surface area contributed by atoms with E-state index in [1.807, 2.05) is 6.92 Å². The fourth-order valence-corrected chi connectivity index (χ4v) is 7.23. The van der Waals surface area contributed by atoms with Crippen LogP contribution in [0.2, 0.25) is 10.0 Å². The Morgan fingerprint density at radius 2 is 1.74 bits per heavy atom. The molecule has 38 heavy (non-hydrogen) atoms. The zero-order valence-corrected chi connectivity index (χ0v) is 23.5. The third kappa shape index (κ3) is 5.84. The largest absolute Gasteiger partial charge is 0.352 e. The molecule has 1 heterocycles. The fourth-order valence-electron chi connectivity index (χ4n) is 5.11. The lowest BCUT2D eigenvalue weighted by Crippen LogP contribution is -2.51. The Labute approximate surface area is 233 Å². The van der Waals surface area contributed by atoms with Crippen molar-refractivity contribution in [3.8, 4) is 0 Å². The molecule has 0 bridgehead atoms. The van der Waals surface area contributed by atoms with Crippen LogP contribution in [0.25, 0.3) is 0 Å². The highest BCUT2D eigenvalue weighted by molar-refractivity contribution is 7.90. The fraction of sp³-hybridized carbons (Fsp3) is 0.444. The van der Waals surface area contributed by atoms with Crippen molar-refractivity contribution in [2.45, 2.75) is 75.4 Å². The standard InChI is InChI=1S/C27H31Cl2N3O5S/c1-2-23(26(34)30-18-9-3-4-10-18)31(17-20-21(28)12-7-13-22(20)29)25(33)15-8-16-32-27(35)19-11-5-6-14-24(19)38(32,36)37/h5-7,11-14,18,23H,2-4,8-10,15-17H2,1H3,(H,30,34)/t23-/m1/s1. The third-order valence-corrected chi connectivity index (χ3v) is 9.69. The van der Waals surface area contributed by atoms with Gasteiger partial charge in [-0.25, -0.2) is 12.7 Å². The number of benzene rings is 2. The predicted octanol–water partition coefficient (Wildman–Crippen LogP) is 4.78. The third-order valence-electron chi connectivity index (χ3n) is 7.14. The van der Waals surface area contributed by atoms with Gasteiger partial charge >= 0.3 is 0 Å². The number of amides is 3. The average molecular weight is 581 g/mol. The smallest absolute Gasteiger partial charge is 0.269 e. The van der Waals surface area contributed by atoms with Crippen molar-refractivity contribution in [1.29, 1.82) is 0 Å². The molecule has 1 atom stereocenters. The summed E-state index contributed by atoms with van der Waals surface area (Å²) in [6.45, 7) is 1.72. The van der Waals surface area contributed by atoms with Gasteiger partial charge in [0, 0.05) is 41.2 Å². The highest BCUT2D eigenvalue weighted by Gasteiger charge is 2.40. The van der Waals surface area contributed by atoms with Gasteiger partial charge in [-0.3, -0.25) is 14.4 Å². The summed E-state index contributed by atoms with van der Waals surface area (Å²) in [4.78, 5) is 41.0. The van der Waals surface area contributed by atoms with Gasteiger partial charge in [0.15, 0.2) is 0 Å². The van der Waals surface area contributed by atoms with Crippen molar-refractivity contribution < 1.29 is 22.8 Å². The van der Waals surface area contributed by atoms with Crippen LogP contribution >= 0.6 is 23.2 Å². The molecule has 1 N–H and O–H groups in total. The molecule has 11 heteroatoms. The monoisotopic (exact) mass is 579 g/mol. The zero-order valence-electron chi connectivity index (χ0n) is 21.2. The van der Waals surface area contributed by atoms with Gasteiger partial charge < -0.3 is 10.2 Å². The maximum Gasteiger partial charge on any atom is 0.269 e. The van der Waals surface area contributed by atoms with E-state index in [9.17, 15) is 22.8 Å². The predicted molar refractivity (Wildman–Crippen MR) is 145 cm³/mol. The number of hydrogen-bond acceptors (Lipinski definition) is 5. The number of sulfonamides is 1. The van der Waals surface area contributed by atoms with Gasteiger partial charge in [-0.05, 0) is 49.9 Å². The minimum Gasteiger partial charge on any atom is -0.352 e.